The van der Waals surface area contributed by atoms with E-state index in [2.05, 4.69) is 287 Å². The van der Waals surface area contributed by atoms with Gasteiger partial charge in [0.2, 0.25) is 0 Å². The molecule has 0 radical (unpaired) electrons. The van der Waals surface area contributed by atoms with Gasteiger partial charge < -0.3 is 31.9 Å². The average Bonchev–Trinajstić information content (AvgIpc) is 3.45. The van der Waals surface area contributed by atoms with E-state index in [9.17, 15) is 0 Å². The van der Waals surface area contributed by atoms with Gasteiger partial charge in [0.05, 0.1) is 36.3 Å². The van der Waals surface area contributed by atoms with Crippen LogP contribution >= 0.6 is 0 Å². The lowest BCUT2D eigenvalue weighted by molar-refractivity contribution is 0.379. The third-order valence-corrected chi connectivity index (χ3v) is 14.2. The van der Waals surface area contributed by atoms with Crippen LogP contribution in [0.3, 0.4) is 0 Å². The average molecular weight is 943 g/mol. The smallest absolute Gasteiger partial charge is 0.0521 e. The molecule has 0 saturated carbocycles. The molecule has 6 N–H and O–H groups in total. The second-order valence-corrected chi connectivity index (χ2v) is 19.1. The van der Waals surface area contributed by atoms with Crippen molar-refractivity contribution in [1.82, 2.24) is 31.9 Å². The molecule has 0 spiro atoms. The fourth-order valence-corrected chi connectivity index (χ4v) is 10.2. The summed E-state index contributed by atoms with van der Waals surface area (Å²) in [7, 11) is 0. The number of fused-ring (bicyclic) bond motifs is 3. The lowest BCUT2D eigenvalue weighted by Crippen LogP contribution is -2.35. The lowest BCUT2D eigenvalue weighted by atomic mass is 9.92. The highest BCUT2D eigenvalue weighted by Gasteiger charge is 2.28. The molecule has 4 heterocycles. The molecule has 360 valence electrons. The Hall–Kier alpha value is -7.26. The minimum atomic E-state index is 0.00616. The number of nitrogens with one attached hydrogen (secondary N) is 6. The Bertz CT molecular complexity index is 2420. The molecule has 0 saturated heterocycles. The minimum absolute atomic E-state index is 0.00616. The van der Waals surface area contributed by atoms with Crippen molar-refractivity contribution in [3.05, 3.63) is 322 Å². The molecule has 6 bridgehead atoms. The summed E-state index contributed by atoms with van der Waals surface area (Å²) in [5.41, 5.74) is 14.9. The second kappa shape index (κ2) is 24.7. The first kappa shape index (κ1) is 48.4. The van der Waals surface area contributed by atoms with Gasteiger partial charge in [0.1, 0.15) is 0 Å². The summed E-state index contributed by atoms with van der Waals surface area (Å²) < 4.78 is 0. The highest BCUT2D eigenvalue weighted by Crippen LogP contribution is 2.33. The van der Waals surface area contributed by atoms with E-state index in [4.69, 9.17) is 0 Å². The maximum atomic E-state index is 4.02. The molecular weight excluding hydrogens is 877 g/mol. The van der Waals surface area contributed by atoms with Crippen molar-refractivity contribution in [1.29, 1.82) is 0 Å². The van der Waals surface area contributed by atoms with Crippen molar-refractivity contribution in [2.24, 2.45) is 0 Å². The van der Waals surface area contributed by atoms with Gasteiger partial charge in [-0.2, -0.15) is 0 Å². The predicted octanol–water partition coefficient (Wildman–Crippen LogP) is 13.1. The molecule has 6 unspecified atom stereocenters. The lowest BCUT2D eigenvalue weighted by Gasteiger charge is -2.31. The Balaban J connectivity index is 0.986. The molecule has 0 amide bonds. The Kier molecular flexibility index (Phi) is 16.6. The van der Waals surface area contributed by atoms with Crippen LogP contribution in [0.1, 0.15) is 103 Å². The van der Waals surface area contributed by atoms with Crippen LogP contribution in [-0.2, 0) is 39.3 Å². The molecule has 9 aromatic carbocycles. The van der Waals surface area contributed by atoms with Crippen molar-refractivity contribution in [3.63, 3.8) is 0 Å². The monoisotopic (exact) mass is 943 g/mol. The van der Waals surface area contributed by atoms with Crippen LogP contribution in [0.4, 0.5) is 0 Å². The van der Waals surface area contributed by atoms with Crippen molar-refractivity contribution in [2.45, 2.75) is 75.5 Å². The maximum absolute atomic E-state index is 4.02. The number of rotatable bonds is 6. The predicted molar refractivity (Wildman–Crippen MR) is 295 cm³/mol. The van der Waals surface area contributed by atoms with Crippen molar-refractivity contribution in [3.8, 4) is 0 Å². The zero-order valence-electron chi connectivity index (χ0n) is 41.0. The van der Waals surface area contributed by atoms with E-state index in [1.165, 1.54) is 66.8 Å². The quantitative estimate of drug-likeness (QED) is 0.0998. The fourth-order valence-electron chi connectivity index (χ4n) is 10.2. The summed E-state index contributed by atoms with van der Waals surface area (Å²) in [4.78, 5) is 0. The van der Waals surface area contributed by atoms with Gasteiger partial charge in [-0.3, -0.25) is 0 Å². The minimum Gasteiger partial charge on any atom is -0.304 e. The topological polar surface area (TPSA) is 72.2 Å². The van der Waals surface area contributed by atoms with Crippen LogP contribution in [0.25, 0.3) is 0 Å². The molecule has 6 heteroatoms. The van der Waals surface area contributed by atoms with E-state index in [1.807, 2.05) is 0 Å². The van der Waals surface area contributed by atoms with Crippen molar-refractivity contribution >= 4 is 0 Å². The van der Waals surface area contributed by atoms with E-state index >= 15 is 0 Å². The van der Waals surface area contributed by atoms with Crippen LogP contribution in [0.5, 0.6) is 0 Å². The summed E-state index contributed by atoms with van der Waals surface area (Å²) >= 11 is 0. The van der Waals surface area contributed by atoms with Crippen LogP contribution < -0.4 is 31.9 Å². The van der Waals surface area contributed by atoms with Gasteiger partial charge in [0, 0.05) is 39.3 Å². The number of hydrogen-bond acceptors (Lipinski definition) is 6. The molecule has 0 aliphatic carbocycles. The molecule has 9 aromatic rings. The fraction of sp³-hybridized carbons (Fsp3) is 0.182. The summed E-state index contributed by atoms with van der Waals surface area (Å²) in [5, 5.41) is 24.1. The normalized spacial score (nSPS) is 20.7. The first-order chi connectivity index (χ1) is 35.7. The SMILES string of the molecule is c1ccc(C2NCc3ccc(cc3)CNC(c3ccccc3)C(c3ccccc3)NCc3ccc(cc3)CNC(c3ccccc3)C(c3ccccc3)NCc3ccc(cc3)CNC2c2ccccc2)cc1. The van der Waals surface area contributed by atoms with Gasteiger partial charge in [-0.1, -0.05) is 255 Å². The largest absolute Gasteiger partial charge is 0.304 e. The van der Waals surface area contributed by atoms with E-state index in [0.29, 0.717) is 0 Å². The molecular formula is C66H66N6. The van der Waals surface area contributed by atoms with Crippen molar-refractivity contribution < 1.29 is 0 Å². The molecule has 72 heavy (non-hydrogen) atoms. The Morgan fingerprint density at radius 3 is 0.417 bits per heavy atom. The Morgan fingerprint density at radius 2 is 0.292 bits per heavy atom. The van der Waals surface area contributed by atoms with Crippen LogP contribution in [0.2, 0.25) is 0 Å². The van der Waals surface area contributed by atoms with Crippen LogP contribution in [0, 0.1) is 0 Å². The molecule has 4 aliphatic rings. The number of hydrogen-bond donors (Lipinski definition) is 6. The molecule has 13 rings (SSSR count). The summed E-state index contributed by atoms with van der Waals surface area (Å²) in [6.45, 7) is 4.32. The van der Waals surface area contributed by atoms with Crippen LogP contribution in [0.15, 0.2) is 255 Å². The molecule has 6 atom stereocenters. The molecule has 0 fully saturated rings. The van der Waals surface area contributed by atoms with Gasteiger partial charge >= 0.3 is 0 Å². The van der Waals surface area contributed by atoms with E-state index < -0.39 is 0 Å². The highest BCUT2D eigenvalue weighted by molar-refractivity contribution is 5.34. The Morgan fingerprint density at radius 1 is 0.167 bits per heavy atom. The Labute approximate surface area is 427 Å². The zero-order valence-corrected chi connectivity index (χ0v) is 41.0. The van der Waals surface area contributed by atoms with Crippen LogP contribution in [-0.4, -0.2) is 0 Å². The summed E-state index contributed by atoms with van der Waals surface area (Å²) in [6.07, 6.45) is 0. The van der Waals surface area contributed by atoms with E-state index in [-0.39, 0.29) is 36.3 Å². The third kappa shape index (κ3) is 12.8. The standard InChI is InChI=1S/C66H66N6/c1-7-19-55(20-8-1)61-62(56-21-9-2-10-22-56)68-44-50-35-37-52(38-36-50)46-70-65(59-27-15-5-16-28-59)66(60-29-17-6-18-30-60)72-48-54-41-39-53(40-42-54)47-71-64(58-25-13-4-14-26-58)63(57-23-11-3-12-24-57)69-45-51-33-31-49(32-34-51)43-67-61/h1-42,61-72H,43-48H2. The maximum Gasteiger partial charge on any atom is 0.0521 e. The van der Waals surface area contributed by atoms with Gasteiger partial charge in [0.15, 0.2) is 0 Å². The number of benzene rings is 9. The summed E-state index contributed by atoms with van der Waals surface area (Å²) in [6, 6.07) is 92.7. The zero-order chi connectivity index (χ0) is 48.6. The first-order valence-corrected chi connectivity index (χ1v) is 25.6. The summed E-state index contributed by atoms with van der Waals surface area (Å²) in [5.74, 6) is 0. The second-order valence-electron chi connectivity index (χ2n) is 19.1. The third-order valence-electron chi connectivity index (χ3n) is 14.2. The van der Waals surface area contributed by atoms with Gasteiger partial charge in [-0.15, -0.1) is 0 Å². The molecule has 0 aromatic heterocycles. The molecule has 4 aliphatic heterocycles. The van der Waals surface area contributed by atoms with E-state index in [1.54, 1.807) is 0 Å². The van der Waals surface area contributed by atoms with Gasteiger partial charge in [-0.25, -0.2) is 0 Å². The van der Waals surface area contributed by atoms with Crippen molar-refractivity contribution in [2.75, 3.05) is 0 Å². The molecule has 6 nitrogen and oxygen atoms in total. The first-order valence-electron chi connectivity index (χ1n) is 25.6. The van der Waals surface area contributed by atoms with Gasteiger partial charge in [0.25, 0.3) is 0 Å². The van der Waals surface area contributed by atoms with E-state index in [0.717, 1.165) is 39.3 Å². The van der Waals surface area contributed by atoms with Gasteiger partial charge in [-0.05, 0) is 66.8 Å². The highest BCUT2D eigenvalue weighted by atomic mass is 15.0.